The maximum absolute atomic E-state index is 5.34. The van der Waals surface area contributed by atoms with E-state index in [0.29, 0.717) is 5.84 Å². The van der Waals surface area contributed by atoms with Crippen LogP contribution in [0.5, 0.6) is 0 Å². The van der Waals surface area contributed by atoms with Gasteiger partial charge in [0.25, 0.3) is 0 Å². The first kappa shape index (κ1) is 10.7. The van der Waals surface area contributed by atoms with Gasteiger partial charge in [-0.1, -0.05) is 30.3 Å². The normalized spacial score (nSPS) is 13.8. The molecule has 0 heterocycles. The number of hydrogen-bond acceptors (Lipinski definition) is 3. The fourth-order valence-electron chi connectivity index (χ4n) is 1.29. The lowest BCUT2D eigenvalue weighted by Gasteiger charge is -2.17. The third-order valence-electron chi connectivity index (χ3n) is 1.98. The molecule has 1 atom stereocenters. The van der Waals surface area contributed by atoms with E-state index in [1.54, 1.807) is 14.2 Å². The number of nitrogens with two attached hydrogens (primary N) is 1. The molecule has 0 bridgehead atoms. The molecule has 4 nitrogen and oxygen atoms in total. The summed E-state index contributed by atoms with van der Waals surface area (Å²) in [5.41, 5.74) is 3.55. The minimum atomic E-state index is -0.230. The molecule has 1 aromatic carbocycles. The predicted octanol–water partition coefficient (Wildman–Crippen LogP) is 0.866. The second-order valence-corrected chi connectivity index (χ2v) is 2.78. The summed E-state index contributed by atoms with van der Waals surface area (Å²) in [6, 6.07) is 9.79. The van der Waals surface area contributed by atoms with Crippen molar-refractivity contribution in [2.24, 2.45) is 10.8 Å². The zero-order chi connectivity index (χ0) is 10.4. The molecule has 1 aromatic rings. The summed E-state index contributed by atoms with van der Waals surface area (Å²) in [4.78, 5) is 4.01. The van der Waals surface area contributed by atoms with E-state index in [1.165, 1.54) is 0 Å². The highest BCUT2D eigenvalue weighted by Gasteiger charge is 2.15. The zero-order valence-electron chi connectivity index (χ0n) is 8.40. The van der Waals surface area contributed by atoms with Gasteiger partial charge in [0.2, 0.25) is 0 Å². The van der Waals surface area contributed by atoms with Crippen molar-refractivity contribution in [3.63, 3.8) is 0 Å². The van der Waals surface area contributed by atoms with Crippen molar-refractivity contribution in [1.29, 1.82) is 0 Å². The number of methoxy groups -OCH3 is 1. The van der Waals surface area contributed by atoms with Crippen LogP contribution in [0, 0.1) is 0 Å². The van der Waals surface area contributed by atoms with Gasteiger partial charge in [-0.2, -0.15) is 0 Å². The molecule has 0 aromatic heterocycles. The quantitative estimate of drug-likeness (QED) is 0.324. The van der Waals surface area contributed by atoms with E-state index in [1.807, 2.05) is 30.3 Å². The van der Waals surface area contributed by atoms with Gasteiger partial charge in [-0.15, -0.1) is 0 Å². The zero-order valence-corrected chi connectivity index (χ0v) is 8.40. The molecule has 1 unspecified atom stereocenters. The van der Waals surface area contributed by atoms with Crippen LogP contribution in [0.3, 0.4) is 0 Å². The molecule has 0 radical (unpaired) electrons. The van der Waals surface area contributed by atoms with Crippen molar-refractivity contribution in [2.45, 2.75) is 6.10 Å². The molecule has 0 aliphatic rings. The Labute approximate surface area is 83.8 Å². The van der Waals surface area contributed by atoms with Gasteiger partial charge in [-0.05, 0) is 5.56 Å². The fraction of sp³-hybridized carbons (Fsp3) is 0.300. The second-order valence-electron chi connectivity index (χ2n) is 2.78. The fourth-order valence-corrected chi connectivity index (χ4v) is 1.29. The highest BCUT2D eigenvalue weighted by Crippen LogP contribution is 2.16. The smallest absolute Gasteiger partial charge is 0.144 e. The number of hydrogen-bond donors (Lipinski definition) is 2. The first-order chi connectivity index (χ1) is 6.83. The summed E-state index contributed by atoms with van der Waals surface area (Å²) in [6.45, 7) is 0. The Balaban J connectivity index is 2.93. The first-order valence-electron chi connectivity index (χ1n) is 4.34. The largest absolute Gasteiger partial charge is 0.369 e. The van der Waals surface area contributed by atoms with E-state index in [9.17, 15) is 0 Å². The van der Waals surface area contributed by atoms with Crippen molar-refractivity contribution in [3.05, 3.63) is 35.9 Å². The van der Waals surface area contributed by atoms with Crippen LogP contribution in [0.25, 0.3) is 0 Å². The van der Waals surface area contributed by atoms with Crippen LogP contribution < -0.4 is 11.3 Å². The summed E-state index contributed by atoms with van der Waals surface area (Å²) >= 11 is 0. The summed E-state index contributed by atoms with van der Waals surface area (Å²) in [5, 5.41) is 0. The van der Waals surface area contributed by atoms with E-state index in [0.717, 1.165) is 5.56 Å². The van der Waals surface area contributed by atoms with Gasteiger partial charge in [-0.3, -0.25) is 4.99 Å². The molecule has 0 saturated carbocycles. The van der Waals surface area contributed by atoms with Crippen LogP contribution in [0.2, 0.25) is 0 Å². The molecular weight excluding hydrogens is 178 g/mol. The van der Waals surface area contributed by atoms with Crippen LogP contribution in [0.4, 0.5) is 0 Å². The Morgan fingerprint density at radius 1 is 1.43 bits per heavy atom. The average molecular weight is 193 g/mol. The molecule has 0 spiro atoms. The van der Waals surface area contributed by atoms with Crippen molar-refractivity contribution in [3.8, 4) is 0 Å². The van der Waals surface area contributed by atoms with Gasteiger partial charge in [0.1, 0.15) is 11.9 Å². The molecule has 4 heteroatoms. The maximum Gasteiger partial charge on any atom is 0.144 e. The van der Waals surface area contributed by atoms with Crippen molar-refractivity contribution >= 4 is 5.84 Å². The maximum atomic E-state index is 5.34. The molecule has 76 valence electrons. The lowest BCUT2D eigenvalue weighted by molar-refractivity contribution is 0.154. The molecule has 0 aliphatic carbocycles. The van der Waals surface area contributed by atoms with Crippen molar-refractivity contribution < 1.29 is 4.74 Å². The summed E-state index contributed by atoms with van der Waals surface area (Å²) in [7, 11) is 3.30. The first-order valence-corrected chi connectivity index (χ1v) is 4.34. The van der Waals surface area contributed by atoms with Gasteiger partial charge < -0.3 is 10.2 Å². The van der Waals surface area contributed by atoms with Crippen LogP contribution >= 0.6 is 0 Å². The Hall–Kier alpha value is -1.39. The Bertz CT molecular complexity index is 297. The molecule has 0 saturated heterocycles. The predicted molar refractivity (Wildman–Crippen MR) is 56.9 cm³/mol. The van der Waals surface area contributed by atoms with E-state index < -0.39 is 0 Å². The van der Waals surface area contributed by atoms with E-state index in [4.69, 9.17) is 10.6 Å². The summed E-state index contributed by atoms with van der Waals surface area (Å²) < 4.78 is 5.31. The molecule has 0 amide bonds. The number of benzene rings is 1. The number of ether oxygens (including phenoxy) is 1. The third-order valence-corrected chi connectivity index (χ3v) is 1.98. The van der Waals surface area contributed by atoms with Crippen molar-refractivity contribution in [2.75, 3.05) is 14.2 Å². The van der Waals surface area contributed by atoms with Gasteiger partial charge in [0, 0.05) is 14.2 Å². The van der Waals surface area contributed by atoms with Gasteiger partial charge >= 0.3 is 0 Å². The van der Waals surface area contributed by atoms with Crippen LogP contribution in [0.15, 0.2) is 35.3 Å². The summed E-state index contributed by atoms with van der Waals surface area (Å²) in [6.07, 6.45) is -0.230. The van der Waals surface area contributed by atoms with E-state index in [-0.39, 0.29) is 6.10 Å². The molecular formula is C10H15N3O. The molecule has 1 rings (SSSR count). The number of nitrogens with one attached hydrogen (secondary N) is 1. The molecule has 0 aliphatic heterocycles. The SMILES string of the molecule is CN=C(NN)C(OC)c1ccccc1. The Morgan fingerprint density at radius 3 is 2.50 bits per heavy atom. The average Bonchev–Trinajstić information content (AvgIpc) is 2.27. The number of rotatable bonds is 3. The van der Waals surface area contributed by atoms with Gasteiger partial charge in [-0.25, -0.2) is 5.84 Å². The number of amidine groups is 1. The van der Waals surface area contributed by atoms with E-state index in [2.05, 4.69) is 10.4 Å². The Kier molecular flexibility index (Phi) is 4.10. The standard InChI is InChI=1S/C10H15N3O/c1-12-10(13-11)9(14-2)8-6-4-3-5-7-8/h3-7,9H,11H2,1-2H3,(H,12,13). The van der Waals surface area contributed by atoms with Gasteiger partial charge in [0.05, 0.1) is 0 Å². The Morgan fingerprint density at radius 2 is 2.07 bits per heavy atom. The highest BCUT2D eigenvalue weighted by molar-refractivity contribution is 5.87. The van der Waals surface area contributed by atoms with Crippen LogP contribution in [0.1, 0.15) is 11.7 Å². The number of aliphatic imine (C=N–C) groups is 1. The number of hydrazine groups is 1. The third kappa shape index (κ3) is 2.31. The van der Waals surface area contributed by atoms with Gasteiger partial charge in [0.15, 0.2) is 0 Å². The minimum Gasteiger partial charge on any atom is -0.369 e. The van der Waals surface area contributed by atoms with E-state index >= 15 is 0 Å². The highest BCUT2D eigenvalue weighted by atomic mass is 16.5. The lowest BCUT2D eigenvalue weighted by atomic mass is 10.1. The lowest BCUT2D eigenvalue weighted by Crippen LogP contribution is -2.35. The topological polar surface area (TPSA) is 59.6 Å². The second kappa shape index (κ2) is 5.36. The van der Waals surface area contributed by atoms with Crippen molar-refractivity contribution in [1.82, 2.24) is 5.43 Å². The minimum absolute atomic E-state index is 0.230. The van der Waals surface area contributed by atoms with Crippen LogP contribution in [-0.2, 0) is 4.74 Å². The number of nitrogens with zero attached hydrogens (tertiary/aromatic N) is 1. The monoisotopic (exact) mass is 193 g/mol. The molecule has 3 N–H and O–H groups in total. The molecule has 0 fully saturated rings. The summed E-state index contributed by atoms with van der Waals surface area (Å²) in [5.74, 6) is 5.95. The molecule has 14 heavy (non-hydrogen) atoms. The van der Waals surface area contributed by atoms with Crippen LogP contribution in [-0.4, -0.2) is 20.0 Å².